The molecule has 0 aliphatic rings. The number of carbonyl (C=O) groups excluding carboxylic acids is 2. The van der Waals surface area contributed by atoms with Gasteiger partial charge in [-0.15, -0.1) is 0 Å². The first-order chi connectivity index (χ1) is 13.4. The number of rotatable bonds is 10. The third-order valence-electron chi connectivity index (χ3n) is 4.67. The highest BCUT2D eigenvalue weighted by Crippen LogP contribution is 2.24. The van der Waals surface area contributed by atoms with Crippen molar-refractivity contribution in [3.05, 3.63) is 29.8 Å². The zero-order chi connectivity index (χ0) is 22.2. The standard InChI is InChI=1S/C23H39N3O3/c1-16(29-21(28)23(5,6)7)17-11-13-18(14-12-17)25-26-19(10-8-9-15-24)20(27)22(2,3)4/h11-14,16,19,25-26H,8-10,15,24H2,1-7H3/t16?,19-/m0/s1. The molecule has 0 saturated heterocycles. The molecule has 0 spiro atoms. The highest BCUT2D eigenvalue weighted by Gasteiger charge is 2.29. The third kappa shape index (κ3) is 8.54. The number of anilines is 1. The van der Waals surface area contributed by atoms with E-state index in [0.717, 1.165) is 30.5 Å². The van der Waals surface area contributed by atoms with Crippen LogP contribution in [-0.4, -0.2) is 24.3 Å². The van der Waals surface area contributed by atoms with Crippen LogP contribution in [0.5, 0.6) is 0 Å². The Hall–Kier alpha value is -1.92. The fourth-order valence-electron chi connectivity index (χ4n) is 2.70. The second kappa shape index (κ2) is 10.7. The van der Waals surface area contributed by atoms with Crippen LogP contribution in [0.3, 0.4) is 0 Å². The van der Waals surface area contributed by atoms with Gasteiger partial charge in [-0.2, -0.15) is 0 Å². The largest absolute Gasteiger partial charge is 0.457 e. The van der Waals surface area contributed by atoms with E-state index in [4.69, 9.17) is 10.5 Å². The maximum absolute atomic E-state index is 12.7. The summed E-state index contributed by atoms with van der Waals surface area (Å²) in [6.07, 6.45) is 2.20. The van der Waals surface area contributed by atoms with Gasteiger partial charge in [0, 0.05) is 11.1 Å². The highest BCUT2D eigenvalue weighted by molar-refractivity contribution is 5.88. The maximum Gasteiger partial charge on any atom is 0.311 e. The van der Waals surface area contributed by atoms with Crippen LogP contribution >= 0.6 is 0 Å². The van der Waals surface area contributed by atoms with Gasteiger partial charge in [-0.25, -0.2) is 5.43 Å². The van der Waals surface area contributed by atoms with Crippen molar-refractivity contribution in [1.82, 2.24) is 5.43 Å². The minimum Gasteiger partial charge on any atom is -0.457 e. The first-order valence-corrected chi connectivity index (χ1v) is 10.4. The van der Waals surface area contributed by atoms with Gasteiger partial charge in [0.15, 0.2) is 5.78 Å². The lowest BCUT2D eigenvalue weighted by molar-refractivity contribution is -0.158. The molecule has 0 aromatic heterocycles. The zero-order valence-corrected chi connectivity index (χ0v) is 19.1. The maximum atomic E-state index is 12.7. The van der Waals surface area contributed by atoms with Crippen molar-refractivity contribution in [2.24, 2.45) is 16.6 Å². The number of Topliss-reactive ketones (excluding diaryl/α,β-unsaturated/α-hetero) is 1. The van der Waals surface area contributed by atoms with E-state index in [1.54, 1.807) is 0 Å². The Balaban J connectivity index is 2.72. The van der Waals surface area contributed by atoms with Crippen LogP contribution in [0.4, 0.5) is 5.69 Å². The number of carbonyl (C=O) groups is 2. The summed E-state index contributed by atoms with van der Waals surface area (Å²) in [4.78, 5) is 24.8. The molecule has 0 aliphatic carbocycles. The van der Waals surface area contributed by atoms with Crippen molar-refractivity contribution in [1.29, 1.82) is 0 Å². The molecular formula is C23H39N3O3. The number of esters is 1. The van der Waals surface area contributed by atoms with Crippen molar-refractivity contribution in [2.45, 2.75) is 79.9 Å². The Kier molecular flexibility index (Phi) is 9.30. The molecule has 4 N–H and O–H groups in total. The van der Waals surface area contributed by atoms with Crippen molar-refractivity contribution < 1.29 is 14.3 Å². The molecule has 0 fully saturated rings. The summed E-state index contributed by atoms with van der Waals surface area (Å²) in [5.74, 6) is -0.0590. The average Bonchev–Trinajstić information content (AvgIpc) is 2.62. The Bertz CT molecular complexity index is 657. The molecule has 29 heavy (non-hydrogen) atoms. The first-order valence-electron chi connectivity index (χ1n) is 10.4. The molecule has 0 heterocycles. The van der Waals surface area contributed by atoms with Gasteiger partial charge in [-0.1, -0.05) is 39.3 Å². The monoisotopic (exact) mass is 405 g/mol. The van der Waals surface area contributed by atoms with Gasteiger partial charge in [-0.05, 0) is 64.8 Å². The van der Waals surface area contributed by atoms with Gasteiger partial charge in [-0.3, -0.25) is 9.59 Å². The topological polar surface area (TPSA) is 93.4 Å². The molecular weight excluding hydrogens is 366 g/mol. The van der Waals surface area contributed by atoms with Crippen LogP contribution < -0.4 is 16.6 Å². The number of hydrazine groups is 1. The molecule has 6 heteroatoms. The number of hydrogen-bond acceptors (Lipinski definition) is 6. The molecule has 1 rings (SSSR count). The summed E-state index contributed by atoms with van der Waals surface area (Å²) < 4.78 is 5.53. The van der Waals surface area contributed by atoms with Crippen LogP contribution in [0.2, 0.25) is 0 Å². The molecule has 1 unspecified atom stereocenters. The van der Waals surface area contributed by atoms with E-state index in [0.29, 0.717) is 6.54 Å². The molecule has 1 aromatic rings. The molecule has 0 radical (unpaired) electrons. The predicted molar refractivity (Wildman–Crippen MR) is 118 cm³/mol. The first kappa shape index (κ1) is 25.1. The van der Waals surface area contributed by atoms with Gasteiger partial charge in [0.25, 0.3) is 0 Å². The number of ketones is 1. The Morgan fingerprint density at radius 1 is 1.00 bits per heavy atom. The van der Waals surface area contributed by atoms with Crippen molar-refractivity contribution >= 4 is 17.4 Å². The number of unbranched alkanes of at least 4 members (excludes halogenated alkanes) is 1. The SMILES string of the molecule is CC(OC(=O)C(C)(C)C)c1ccc(NN[C@@H](CCCCN)C(=O)C(C)(C)C)cc1. The van der Waals surface area contributed by atoms with E-state index in [9.17, 15) is 9.59 Å². The van der Waals surface area contributed by atoms with Crippen LogP contribution in [-0.2, 0) is 14.3 Å². The normalized spacial score (nSPS) is 14.2. The molecule has 6 nitrogen and oxygen atoms in total. The number of nitrogens with one attached hydrogen (secondary N) is 2. The average molecular weight is 406 g/mol. The van der Waals surface area contributed by atoms with Gasteiger partial charge in [0.2, 0.25) is 0 Å². The van der Waals surface area contributed by atoms with E-state index in [1.165, 1.54) is 0 Å². The zero-order valence-electron chi connectivity index (χ0n) is 19.1. The second-order valence-electron chi connectivity index (χ2n) is 9.64. The number of ether oxygens (including phenoxy) is 1. The molecule has 0 amide bonds. The lowest BCUT2D eigenvalue weighted by atomic mass is 9.85. The van der Waals surface area contributed by atoms with E-state index >= 15 is 0 Å². The molecule has 0 aliphatic heterocycles. The van der Waals surface area contributed by atoms with E-state index in [1.807, 2.05) is 72.7 Å². The van der Waals surface area contributed by atoms with E-state index < -0.39 is 10.8 Å². The third-order valence-corrected chi connectivity index (χ3v) is 4.67. The summed E-state index contributed by atoms with van der Waals surface area (Å²) in [6, 6.07) is 7.36. The second-order valence-corrected chi connectivity index (χ2v) is 9.64. The smallest absolute Gasteiger partial charge is 0.311 e. The van der Waals surface area contributed by atoms with Gasteiger partial charge >= 0.3 is 5.97 Å². The van der Waals surface area contributed by atoms with E-state index in [-0.39, 0.29) is 23.9 Å². The number of hydrogen-bond donors (Lipinski definition) is 3. The van der Waals surface area contributed by atoms with Gasteiger partial charge in [0.05, 0.1) is 11.5 Å². The lowest BCUT2D eigenvalue weighted by Crippen LogP contribution is -2.45. The Labute approximate surface area is 175 Å². The van der Waals surface area contributed by atoms with Crippen molar-refractivity contribution in [2.75, 3.05) is 12.0 Å². The molecule has 2 atom stereocenters. The quantitative estimate of drug-likeness (QED) is 0.304. The van der Waals surface area contributed by atoms with Crippen LogP contribution in [0.15, 0.2) is 24.3 Å². The number of benzene rings is 1. The fraction of sp³-hybridized carbons (Fsp3) is 0.652. The summed E-state index contributed by atoms with van der Waals surface area (Å²) in [5, 5.41) is 0. The summed E-state index contributed by atoms with van der Waals surface area (Å²) in [5.41, 5.74) is 12.7. The van der Waals surface area contributed by atoms with Gasteiger partial charge < -0.3 is 15.9 Å². The highest BCUT2D eigenvalue weighted by atomic mass is 16.5. The Morgan fingerprint density at radius 3 is 2.07 bits per heavy atom. The molecule has 1 aromatic carbocycles. The molecule has 0 saturated carbocycles. The lowest BCUT2D eigenvalue weighted by Gasteiger charge is -2.26. The minimum absolute atomic E-state index is 0.168. The summed E-state index contributed by atoms with van der Waals surface area (Å²) in [7, 11) is 0. The number of nitrogens with two attached hydrogens (primary N) is 1. The summed E-state index contributed by atoms with van der Waals surface area (Å²) in [6.45, 7) is 13.8. The minimum atomic E-state index is -0.530. The van der Waals surface area contributed by atoms with Crippen molar-refractivity contribution in [3.8, 4) is 0 Å². The molecule has 164 valence electrons. The van der Waals surface area contributed by atoms with Crippen molar-refractivity contribution in [3.63, 3.8) is 0 Å². The molecule has 0 bridgehead atoms. The summed E-state index contributed by atoms with van der Waals surface area (Å²) >= 11 is 0. The Morgan fingerprint density at radius 2 is 1.59 bits per heavy atom. The van der Waals surface area contributed by atoms with Crippen LogP contribution in [0, 0.1) is 10.8 Å². The van der Waals surface area contributed by atoms with Crippen LogP contribution in [0.1, 0.15) is 79.4 Å². The fourth-order valence-corrected chi connectivity index (χ4v) is 2.70. The van der Waals surface area contributed by atoms with Crippen LogP contribution in [0.25, 0.3) is 0 Å². The predicted octanol–water partition coefficient (Wildman–Crippen LogP) is 4.37. The van der Waals surface area contributed by atoms with Gasteiger partial charge in [0.1, 0.15) is 6.10 Å². The van der Waals surface area contributed by atoms with E-state index in [2.05, 4.69) is 10.9 Å².